The first-order valence-electron chi connectivity index (χ1n) is 8.51. The van der Waals surface area contributed by atoms with Crippen LogP contribution in [0.15, 0.2) is 53.6 Å². The molecule has 27 heavy (non-hydrogen) atoms. The molecule has 142 valence electrons. The zero-order chi connectivity index (χ0) is 19.6. The van der Waals surface area contributed by atoms with Crippen LogP contribution in [0.2, 0.25) is 5.02 Å². The number of hydrogen-bond acceptors (Lipinski definition) is 4. The minimum atomic E-state index is -3.44. The minimum Gasteiger partial charge on any atom is -0.283 e. The molecule has 1 aliphatic heterocycles. The average molecular weight is 406 g/mol. The van der Waals surface area contributed by atoms with Crippen molar-refractivity contribution in [1.82, 2.24) is 5.01 Å². The summed E-state index contributed by atoms with van der Waals surface area (Å²) in [5, 5.41) is 6.54. The number of benzene rings is 2. The maximum atomic E-state index is 12.5. The van der Waals surface area contributed by atoms with E-state index < -0.39 is 10.0 Å². The molecule has 1 unspecified atom stereocenters. The van der Waals surface area contributed by atoms with E-state index in [2.05, 4.69) is 9.82 Å². The van der Waals surface area contributed by atoms with Gasteiger partial charge in [-0.25, -0.2) is 13.4 Å². The Bertz CT molecular complexity index is 1000. The standard InChI is InChI=1S/C19H20ClN3O3S/c1-3-19(24)23-18(13-8-4-6-10-15(13)20)12-17(21-23)14-9-5-7-11-16(14)22-27(2,25)26/h4-11,18,22H,3,12H2,1-2H3. The van der Waals surface area contributed by atoms with E-state index in [9.17, 15) is 13.2 Å². The van der Waals surface area contributed by atoms with Crippen molar-refractivity contribution >= 4 is 38.9 Å². The van der Waals surface area contributed by atoms with E-state index in [1.165, 1.54) is 5.01 Å². The summed E-state index contributed by atoms with van der Waals surface area (Å²) in [7, 11) is -3.44. The molecule has 6 nitrogen and oxygen atoms in total. The van der Waals surface area contributed by atoms with Gasteiger partial charge in [-0.3, -0.25) is 9.52 Å². The number of sulfonamides is 1. The Morgan fingerprint density at radius 3 is 2.56 bits per heavy atom. The van der Waals surface area contributed by atoms with Gasteiger partial charge in [-0.15, -0.1) is 0 Å². The lowest BCUT2D eigenvalue weighted by Gasteiger charge is -2.22. The summed E-state index contributed by atoms with van der Waals surface area (Å²) >= 11 is 6.35. The van der Waals surface area contributed by atoms with E-state index in [-0.39, 0.29) is 11.9 Å². The van der Waals surface area contributed by atoms with Crippen LogP contribution in [0, 0.1) is 0 Å². The zero-order valence-corrected chi connectivity index (χ0v) is 16.6. The second-order valence-corrected chi connectivity index (χ2v) is 8.46. The third-order valence-corrected chi connectivity index (χ3v) is 5.20. The van der Waals surface area contributed by atoms with E-state index in [0.29, 0.717) is 34.8 Å². The van der Waals surface area contributed by atoms with E-state index in [4.69, 9.17) is 11.6 Å². The fourth-order valence-corrected chi connectivity index (χ4v) is 3.92. The van der Waals surface area contributed by atoms with E-state index in [0.717, 1.165) is 11.8 Å². The molecule has 1 heterocycles. The summed E-state index contributed by atoms with van der Waals surface area (Å²) in [6.07, 6.45) is 1.85. The average Bonchev–Trinajstić information content (AvgIpc) is 3.05. The second kappa shape index (κ2) is 7.70. The lowest BCUT2D eigenvalue weighted by atomic mass is 9.97. The van der Waals surface area contributed by atoms with Crippen molar-refractivity contribution in [2.24, 2.45) is 5.10 Å². The maximum Gasteiger partial charge on any atom is 0.242 e. The Labute approximate surface area is 163 Å². The Morgan fingerprint density at radius 2 is 1.89 bits per heavy atom. The van der Waals surface area contributed by atoms with Crippen molar-refractivity contribution in [1.29, 1.82) is 0 Å². The van der Waals surface area contributed by atoms with Gasteiger partial charge in [0.25, 0.3) is 0 Å². The fraction of sp³-hybridized carbons (Fsp3) is 0.263. The quantitative estimate of drug-likeness (QED) is 0.821. The number of hydrazone groups is 1. The zero-order valence-electron chi connectivity index (χ0n) is 15.0. The highest BCUT2D eigenvalue weighted by Crippen LogP contribution is 2.37. The molecule has 1 aliphatic rings. The first-order valence-corrected chi connectivity index (χ1v) is 10.8. The van der Waals surface area contributed by atoms with Crippen LogP contribution < -0.4 is 4.72 Å². The molecule has 0 aromatic heterocycles. The van der Waals surface area contributed by atoms with Gasteiger partial charge in [0.05, 0.1) is 23.7 Å². The van der Waals surface area contributed by atoms with Gasteiger partial charge in [0.2, 0.25) is 15.9 Å². The molecule has 0 radical (unpaired) electrons. The minimum absolute atomic E-state index is 0.122. The summed E-state index contributed by atoms with van der Waals surface area (Å²) in [4.78, 5) is 12.5. The molecule has 0 spiro atoms. The number of rotatable bonds is 5. The number of nitrogens with one attached hydrogen (secondary N) is 1. The van der Waals surface area contributed by atoms with Crippen LogP contribution in [0.3, 0.4) is 0 Å². The van der Waals surface area contributed by atoms with Crippen LogP contribution in [0.5, 0.6) is 0 Å². The van der Waals surface area contributed by atoms with E-state index in [1.807, 2.05) is 18.2 Å². The van der Waals surface area contributed by atoms with Crippen molar-refractivity contribution in [3.63, 3.8) is 0 Å². The number of amides is 1. The number of nitrogens with zero attached hydrogens (tertiary/aromatic N) is 2. The van der Waals surface area contributed by atoms with E-state index in [1.54, 1.807) is 37.3 Å². The fourth-order valence-electron chi connectivity index (χ4n) is 3.08. The van der Waals surface area contributed by atoms with Crippen LogP contribution in [0.1, 0.15) is 36.9 Å². The molecule has 1 N–H and O–H groups in total. The van der Waals surface area contributed by atoms with Crippen LogP contribution in [0.25, 0.3) is 0 Å². The molecule has 0 saturated carbocycles. The number of anilines is 1. The number of carbonyl (C=O) groups excluding carboxylic acids is 1. The number of hydrogen-bond donors (Lipinski definition) is 1. The lowest BCUT2D eigenvalue weighted by molar-refractivity contribution is -0.132. The Morgan fingerprint density at radius 1 is 1.22 bits per heavy atom. The van der Waals surface area contributed by atoms with Gasteiger partial charge in [0.15, 0.2) is 0 Å². The molecular formula is C19H20ClN3O3S. The van der Waals surface area contributed by atoms with Crippen LogP contribution in [-0.4, -0.2) is 31.3 Å². The Balaban J connectivity index is 2.03. The summed E-state index contributed by atoms with van der Waals surface area (Å²) < 4.78 is 25.9. The monoisotopic (exact) mass is 405 g/mol. The first-order chi connectivity index (χ1) is 12.8. The smallest absolute Gasteiger partial charge is 0.242 e. The van der Waals surface area contributed by atoms with Gasteiger partial charge in [0, 0.05) is 23.4 Å². The highest BCUT2D eigenvalue weighted by Gasteiger charge is 2.34. The molecule has 0 aliphatic carbocycles. The third kappa shape index (κ3) is 4.31. The molecule has 0 fully saturated rings. The molecule has 0 bridgehead atoms. The number of halogens is 1. The summed E-state index contributed by atoms with van der Waals surface area (Å²) in [6, 6.07) is 14.0. The molecular weight excluding hydrogens is 386 g/mol. The Hall–Kier alpha value is -2.38. The van der Waals surface area contributed by atoms with Crippen LogP contribution in [-0.2, 0) is 14.8 Å². The maximum absolute atomic E-state index is 12.5. The van der Waals surface area contributed by atoms with Gasteiger partial charge in [-0.1, -0.05) is 54.9 Å². The molecule has 1 atom stereocenters. The van der Waals surface area contributed by atoms with Gasteiger partial charge < -0.3 is 0 Å². The summed E-state index contributed by atoms with van der Waals surface area (Å²) in [5.41, 5.74) is 2.52. The SMILES string of the molecule is CCC(=O)N1N=C(c2ccccc2NS(C)(=O)=O)CC1c1ccccc1Cl. The predicted octanol–water partition coefficient (Wildman–Crippen LogP) is 3.80. The predicted molar refractivity (Wildman–Crippen MR) is 107 cm³/mol. The normalized spacial score (nSPS) is 16.9. The highest BCUT2D eigenvalue weighted by atomic mass is 35.5. The van der Waals surface area contributed by atoms with Gasteiger partial charge in [-0.2, -0.15) is 5.10 Å². The van der Waals surface area contributed by atoms with Crippen LogP contribution >= 0.6 is 11.6 Å². The summed E-state index contributed by atoms with van der Waals surface area (Å²) in [5.74, 6) is -0.122. The number of carbonyl (C=O) groups is 1. The molecule has 1 amide bonds. The second-order valence-electron chi connectivity index (χ2n) is 6.30. The largest absolute Gasteiger partial charge is 0.283 e. The van der Waals surface area contributed by atoms with Crippen molar-refractivity contribution in [2.45, 2.75) is 25.8 Å². The van der Waals surface area contributed by atoms with Gasteiger partial charge in [-0.05, 0) is 17.7 Å². The van der Waals surface area contributed by atoms with Crippen molar-refractivity contribution in [2.75, 3.05) is 11.0 Å². The molecule has 2 aromatic rings. The molecule has 0 saturated heterocycles. The van der Waals surface area contributed by atoms with Crippen molar-refractivity contribution in [3.05, 3.63) is 64.7 Å². The summed E-state index contributed by atoms with van der Waals surface area (Å²) in [6.45, 7) is 1.78. The van der Waals surface area contributed by atoms with Crippen LogP contribution in [0.4, 0.5) is 5.69 Å². The first kappa shape index (κ1) is 19.4. The highest BCUT2D eigenvalue weighted by molar-refractivity contribution is 7.92. The molecule has 8 heteroatoms. The van der Waals surface area contributed by atoms with Crippen molar-refractivity contribution < 1.29 is 13.2 Å². The van der Waals surface area contributed by atoms with E-state index >= 15 is 0 Å². The third-order valence-electron chi connectivity index (χ3n) is 4.27. The molecule has 3 rings (SSSR count). The Kier molecular flexibility index (Phi) is 5.53. The number of para-hydroxylation sites is 1. The molecule has 2 aromatic carbocycles. The van der Waals surface area contributed by atoms with Gasteiger partial charge in [0.1, 0.15) is 0 Å². The van der Waals surface area contributed by atoms with Gasteiger partial charge >= 0.3 is 0 Å². The topological polar surface area (TPSA) is 78.8 Å². The van der Waals surface area contributed by atoms with Crippen molar-refractivity contribution in [3.8, 4) is 0 Å². The lowest BCUT2D eigenvalue weighted by Crippen LogP contribution is -2.26.